The Kier molecular flexibility index (Phi) is 10.8. The molecule has 0 atom stereocenters. The molecule has 3 rings (SSSR count). The van der Waals surface area contributed by atoms with Gasteiger partial charge < -0.3 is 14.2 Å². The summed E-state index contributed by atoms with van der Waals surface area (Å²) in [4.78, 5) is 35.6. The summed E-state index contributed by atoms with van der Waals surface area (Å²) in [6.45, 7) is 10.0. The van der Waals surface area contributed by atoms with Crippen molar-refractivity contribution in [2.45, 2.75) is 46.5 Å². The summed E-state index contributed by atoms with van der Waals surface area (Å²) in [6.07, 6.45) is 5.19. The van der Waals surface area contributed by atoms with Crippen molar-refractivity contribution >= 4 is 29.9 Å². The molecule has 0 unspecified atom stereocenters. The standard InChI is InChI=1S/C33H37N3O7/c1-32(2,3)22-33(4,5)25-12-17-29(28(19-25)36(39)40)42-21-30(37)35-34-20-24-9-15-27(16-10-24)43-31(38)18-11-23-7-13-26(41-6)14-8-23/h7-20H,21-22H2,1-6H3,(H,35,37)/b18-11-,34-20+. The Morgan fingerprint density at radius 2 is 1.56 bits per heavy atom. The number of rotatable bonds is 12. The van der Waals surface area contributed by atoms with E-state index in [1.807, 2.05) is 26.0 Å². The molecule has 3 aromatic carbocycles. The molecule has 0 saturated carbocycles. The van der Waals surface area contributed by atoms with Gasteiger partial charge in [0.15, 0.2) is 12.4 Å². The number of nitrogens with one attached hydrogen (secondary N) is 1. The van der Waals surface area contributed by atoms with Crippen molar-refractivity contribution in [3.63, 3.8) is 0 Å². The Bertz CT molecular complexity index is 1490. The summed E-state index contributed by atoms with van der Waals surface area (Å²) in [5.74, 6) is -0.0545. The number of nitro benzene ring substituents is 1. The number of hydrogen-bond acceptors (Lipinski definition) is 8. The van der Waals surface area contributed by atoms with Gasteiger partial charge in [0.25, 0.3) is 5.91 Å². The highest BCUT2D eigenvalue weighted by Crippen LogP contribution is 2.39. The zero-order valence-corrected chi connectivity index (χ0v) is 25.2. The van der Waals surface area contributed by atoms with Crippen molar-refractivity contribution < 1.29 is 28.7 Å². The van der Waals surface area contributed by atoms with Gasteiger partial charge in [0.2, 0.25) is 0 Å². The van der Waals surface area contributed by atoms with Gasteiger partial charge in [-0.05, 0) is 82.5 Å². The van der Waals surface area contributed by atoms with Gasteiger partial charge in [-0.25, -0.2) is 10.2 Å². The Hall–Kier alpha value is -4.99. The molecule has 0 aromatic heterocycles. The van der Waals surface area contributed by atoms with Crippen molar-refractivity contribution in [2.75, 3.05) is 13.7 Å². The zero-order valence-electron chi connectivity index (χ0n) is 25.2. The second kappa shape index (κ2) is 14.3. The van der Waals surface area contributed by atoms with Crippen LogP contribution in [0.1, 0.15) is 57.7 Å². The van der Waals surface area contributed by atoms with E-state index in [1.54, 1.807) is 55.7 Å². The molecule has 0 fully saturated rings. The predicted molar refractivity (Wildman–Crippen MR) is 166 cm³/mol. The number of nitro groups is 1. The number of nitrogens with zero attached hydrogens (tertiary/aromatic N) is 2. The molecule has 10 nitrogen and oxygen atoms in total. The first kappa shape index (κ1) is 32.5. The average Bonchev–Trinajstić information content (AvgIpc) is 2.94. The first-order chi connectivity index (χ1) is 20.3. The van der Waals surface area contributed by atoms with Crippen LogP contribution in [0, 0.1) is 15.5 Å². The smallest absolute Gasteiger partial charge is 0.336 e. The Labute approximate surface area is 251 Å². The molecule has 0 spiro atoms. The summed E-state index contributed by atoms with van der Waals surface area (Å²) in [7, 11) is 1.58. The van der Waals surface area contributed by atoms with Crippen LogP contribution < -0.4 is 19.6 Å². The molecule has 0 radical (unpaired) electrons. The maximum absolute atomic E-state index is 12.3. The van der Waals surface area contributed by atoms with E-state index in [0.29, 0.717) is 11.3 Å². The number of benzene rings is 3. The largest absolute Gasteiger partial charge is 0.497 e. The molecular weight excluding hydrogens is 550 g/mol. The molecule has 0 aliphatic heterocycles. The van der Waals surface area contributed by atoms with E-state index in [4.69, 9.17) is 14.2 Å². The minimum absolute atomic E-state index is 0.00317. The lowest BCUT2D eigenvalue weighted by molar-refractivity contribution is -0.385. The molecule has 0 bridgehead atoms. The first-order valence-electron chi connectivity index (χ1n) is 13.6. The van der Waals surface area contributed by atoms with Gasteiger partial charge in [0, 0.05) is 12.1 Å². The first-order valence-corrected chi connectivity index (χ1v) is 13.6. The number of hydrogen-bond donors (Lipinski definition) is 1. The Morgan fingerprint density at radius 1 is 0.930 bits per heavy atom. The van der Waals surface area contributed by atoms with Crippen molar-refractivity contribution in [3.05, 3.63) is 99.6 Å². The Balaban J connectivity index is 1.50. The van der Waals surface area contributed by atoms with E-state index in [1.165, 1.54) is 24.4 Å². The third-order valence-electron chi connectivity index (χ3n) is 6.30. The van der Waals surface area contributed by atoms with Crippen LogP contribution in [0.15, 0.2) is 77.9 Å². The van der Waals surface area contributed by atoms with E-state index < -0.39 is 23.4 Å². The fourth-order valence-electron chi connectivity index (χ4n) is 4.64. The molecule has 226 valence electrons. The highest BCUT2D eigenvalue weighted by molar-refractivity contribution is 5.89. The quantitative estimate of drug-likeness (QED) is 0.0642. The highest BCUT2D eigenvalue weighted by Gasteiger charge is 2.30. The van der Waals surface area contributed by atoms with Gasteiger partial charge in [-0.3, -0.25) is 14.9 Å². The topological polar surface area (TPSA) is 129 Å². The van der Waals surface area contributed by atoms with Crippen LogP contribution in [0.4, 0.5) is 5.69 Å². The maximum Gasteiger partial charge on any atom is 0.336 e. The van der Waals surface area contributed by atoms with Crippen molar-refractivity contribution in [2.24, 2.45) is 10.5 Å². The summed E-state index contributed by atoms with van der Waals surface area (Å²) < 4.78 is 15.9. The summed E-state index contributed by atoms with van der Waals surface area (Å²) in [5, 5.41) is 15.6. The molecule has 0 aliphatic rings. The second-order valence-corrected chi connectivity index (χ2v) is 11.7. The van der Waals surface area contributed by atoms with E-state index in [0.717, 1.165) is 23.3 Å². The van der Waals surface area contributed by atoms with Crippen LogP contribution in [-0.4, -0.2) is 36.7 Å². The molecule has 0 saturated heterocycles. The van der Waals surface area contributed by atoms with E-state index >= 15 is 0 Å². The van der Waals surface area contributed by atoms with Crippen LogP contribution in [0.3, 0.4) is 0 Å². The minimum atomic E-state index is -0.586. The van der Waals surface area contributed by atoms with Crippen LogP contribution in [0.25, 0.3) is 6.08 Å². The van der Waals surface area contributed by atoms with Gasteiger partial charge in [-0.15, -0.1) is 0 Å². The minimum Gasteiger partial charge on any atom is -0.497 e. The summed E-state index contributed by atoms with van der Waals surface area (Å²) in [5.41, 5.74) is 4.16. The lowest BCUT2D eigenvalue weighted by atomic mass is 9.72. The van der Waals surface area contributed by atoms with Gasteiger partial charge in [-0.1, -0.05) is 52.8 Å². The molecular formula is C33H37N3O7. The molecule has 10 heteroatoms. The van der Waals surface area contributed by atoms with Gasteiger partial charge in [0.05, 0.1) is 18.2 Å². The second-order valence-electron chi connectivity index (χ2n) is 11.7. The number of esters is 1. The zero-order chi connectivity index (χ0) is 31.6. The fraction of sp³-hybridized carbons (Fsp3) is 0.303. The van der Waals surface area contributed by atoms with Gasteiger partial charge in [0.1, 0.15) is 11.5 Å². The summed E-state index contributed by atoms with van der Waals surface area (Å²) in [6, 6.07) is 18.6. The SMILES string of the molecule is COc1ccc(/C=C\C(=O)Oc2ccc(/C=N/NC(=O)COc3ccc(C(C)(C)CC(C)(C)C)cc3[N+](=O)[O-])cc2)cc1. The van der Waals surface area contributed by atoms with Crippen molar-refractivity contribution in [1.82, 2.24) is 5.43 Å². The Morgan fingerprint density at radius 3 is 2.16 bits per heavy atom. The van der Waals surface area contributed by atoms with Crippen molar-refractivity contribution in [3.8, 4) is 17.2 Å². The van der Waals surface area contributed by atoms with Gasteiger partial charge in [-0.2, -0.15) is 5.10 Å². The van der Waals surface area contributed by atoms with E-state index in [9.17, 15) is 19.7 Å². The van der Waals surface area contributed by atoms with Crippen LogP contribution in [0.2, 0.25) is 0 Å². The molecule has 0 heterocycles. The third kappa shape index (κ3) is 10.4. The number of amides is 1. The summed E-state index contributed by atoms with van der Waals surface area (Å²) >= 11 is 0. The molecule has 0 aliphatic carbocycles. The number of methoxy groups -OCH3 is 1. The lowest BCUT2D eigenvalue weighted by Crippen LogP contribution is -2.26. The number of hydrazone groups is 1. The third-order valence-corrected chi connectivity index (χ3v) is 6.30. The number of ether oxygens (including phenoxy) is 3. The maximum atomic E-state index is 12.3. The predicted octanol–water partition coefficient (Wildman–Crippen LogP) is 6.47. The normalized spacial score (nSPS) is 11.9. The van der Waals surface area contributed by atoms with Crippen LogP contribution in [-0.2, 0) is 15.0 Å². The van der Waals surface area contributed by atoms with Crippen LogP contribution in [0.5, 0.6) is 17.2 Å². The number of carbonyl (C=O) groups excluding carboxylic acids is 2. The van der Waals surface area contributed by atoms with Crippen LogP contribution >= 0.6 is 0 Å². The fourth-order valence-corrected chi connectivity index (χ4v) is 4.64. The number of carbonyl (C=O) groups is 2. The highest BCUT2D eigenvalue weighted by atomic mass is 16.6. The molecule has 3 aromatic rings. The van der Waals surface area contributed by atoms with Crippen molar-refractivity contribution in [1.29, 1.82) is 0 Å². The average molecular weight is 588 g/mol. The molecule has 1 amide bonds. The van der Waals surface area contributed by atoms with E-state index in [2.05, 4.69) is 31.3 Å². The van der Waals surface area contributed by atoms with Gasteiger partial charge >= 0.3 is 11.7 Å². The molecule has 1 N–H and O–H groups in total. The molecule has 43 heavy (non-hydrogen) atoms. The lowest BCUT2D eigenvalue weighted by Gasteiger charge is -2.33. The monoisotopic (exact) mass is 587 g/mol. The van der Waals surface area contributed by atoms with E-state index in [-0.39, 0.29) is 22.3 Å².